The molecule has 0 unspecified atom stereocenters. The van der Waals surface area contributed by atoms with Crippen LogP contribution in [0, 0.1) is 0 Å². The molecule has 4 heteroatoms. The fourth-order valence-electron chi connectivity index (χ4n) is 0.0445. The van der Waals surface area contributed by atoms with Gasteiger partial charge in [0.1, 0.15) is 0 Å². The van der Waals surface area contributed by atoms with E-state index in [1.54, 1.807) is 0 Å². The van der Waals surface area contributed by atoms with Gasteiger partial charge < -0.3 is 4.65 Å². The van der Waals surface area contributed by atoms with Crippen LogP contribution in [0.25, 0.3) is 0 Å². The highest BCUT2D eigenvalue weighted by Crippen LogP contribution is 1.67. The molecule has 0 radical (unpaired) electrons. The van der Waals surface area contributed by atoms with Crippen LogP contribution < -0.4 is 0 Å². The quantitative estimate of drug-likeness (QED) is 0.324. The fraction of sp³-hybridized carbons (Fsp3) is 1.00. The number of hydrogen-bond donors (Lipinski definition) is 0. The highest BCUT2D eigenvalue weighted by molar-refractivity contribution is 5.97. The standard InChI is InChI=1S/CH4BFO2/c2-4-1-5-3/h1-2H2. The fourth-order valence-corrected chi connectivity index (χ4v) is 0.0445. The molecule has 5 heavy (non-hydrogen) atoms. The van der Waals surface area contributed by atoms with E-state index in [2.05, 4.69) is 9.60 Å². The van der Waals surface area contributed by atoms with E-state index < -0.39 is 0 Å². The molecular formula is CH4BFO2. The van der Waals surface area contributed by atoms with Crippen molar-refractivity contribution in [1.82, 2.24) is 0 Å². The third kappa shape index (κ3) is 3.91. The van der Waals surface area contributed by atoms with Gasteiger partial charge in [-0.2, -0.15) is 4.94 Å². The summed E-state index contributed by atoms with van der Waals surface area (Å²) in [6.07, 6.45) is 0. The number of halogens is 1. The van der Waals surface area contributed by atoms with Crippen LogP contribution in [0.1, 0.15) is 0 Å². The minimum atomic E-state index is -0.278. The molecule has 0 spiro atoms. The molecule has 0 aliphatic heterocycles. The monoisotopic (exact) mass is 78.0 g/mol. The van der Waals surface area contributed by atoms with Crippen molar-refractivity contribution in [3.05, 3.63) is 0 Å². The molecule has 0 bridgehead atoms. The van der Waals surface area contributed by atoms with Crippen LogP contribution in [0.5, 0.6) is 0 Å². The minimum absolute atomic E-state index is 0.278. The molecule has 0 N–H and O–H groups in total. The van der Waals surface area contributed by atoms with E-state index in [4.69, 9.17) is 0 Å². The molecule has 0 aromatic rings. The van der Waals surface area contributed by atoms with Crippen molar-refractivity contribution < 1.29 is 14.1 Å². The Labute approximate surface area is 30.2 Å². The van der Waals surface area contributed by atoms with Gasteiger partial charge in [-0.3, -0.25) is 0 Å². The molecule has 0 aromatic heterocycles. The first-order chi connectivity index (χ1) is 2.41. The Morgan fingerprint density at radius 2 is 2.40 bits per heavy atom. The molecule has 0 aromatic carbocycles. The minimum Gasteiger partial charge on any atom is -0.421 e. The lowest BCUT2D eigenvalue weighted by molar-refractivity contribution is -0.183. The van der Waals surface area contributed by atoms with Crippen molar-refractivity contribution in [1.29, 1.82) is 0 Å². The van der Waals surface area contributed by atoms with E-state index in [0.717, 1.165) is 0 Å². The van der Waals surface area contributed by atoms with Crippen molar-refractivity contribution in [3.8, 4) is 0 Å². The first kappa shape index (κ1) is 4.91. The van der Waals surface area contributed by atoms with Crippen molar-refractivity contribution in [2.45, 2.75) is 0 Å². The second kappa shape index (κ2) is 3.91. The molecule has 0 saturated heterocycles. The lowest BCUT2D eigenvalue weighted by Gasteiger charge is -1.82. The second-order valence-corrected chi connectivity index (χ2v) is 0.516. The lowest BCUT2D eigenvalue weighted by atomic mass is 10.6. The van der Waals surface area contributed by atoms with Gasteiger partial charge in [-0.05, 0) is 4.53 Å². The summed E-state index contributed by atoms with van der Waals surface area (Å²) in [6, 6.07) is 0. The Balaban J connectivity index is 2.19. The van der Waals surface area contributed by atoms with Crippen molar-refractivity contribution in [2.24, 2.45) is 0 Å². The molecule has 0 rings (SSSR count). The molecule has 0 saturated carbocycles. The SMILES string of the molecule is BOCOF. The first-order valence-corrected chi connectivity index (χ1v) is 1.14. The molecule has 2 nitrogen and oxygen atoms in total. The highest BCUT2D eigenvalue weighted by Gasteiger charge is 1.68. The summed E-state index contributed by atoms with van der Waals surface area (Å²) >= 11 is 0. The van der Waals surface area contributed by atoms with E-state index in [9.17, 15) is 4.53 Å². The molecule has 0 aliphatic rings. The molecule has 0 atom stereocenters. The van der Waals surface area contributed by atoms with Crippen LogP contribution in [0.4, 0.5) is 4.53 Å². The van der Waals surface area contributed by atoms with Crippen molar-refractivity contribution in [3.63, 3.8) is 0 Å². The largest absolute Gasteiger partial charge is 0.421 e. The molecule has 30 valence electrons. The Hall–Kier alpha value is -0.0851. The smallest absolute Gasteiger partial charge is 0.260 e. The maximum atomic E-state index is 10.4. The third-order valence-electron chi connectivity index (χ3n) is 0.162. The molecule has 0 fully saturated rings. The Kier molecular flexibility index (Phi) is 3.85. The molecule has 0 amide bonds. The van der Waals surface area contributed by atoms with Gasteiger partial charge in [-0.25, -0.2) is 0 Å². The van der Waals surface area contributed by atoms with Gasteiger partial charge in [0, 0.05) is 0 Å². The van der Waals surface area contributed by atoms with Gasteiger partial charge in [0.25, 0.3) is 8.05 Å². The predicted molar refractivity (Wildman–Crippen MR) is 16.7 cm³/mol. The summed E-state index contributed by atoms with van der Waals surface area (Å²) in [6.45, 7) is -0.278. The number of hydrogen-bond acceptors (Lipinski definition) is 2. The summed E-state index contributed by atoms with van der Waals surface area (Å²) in [4.78, 5) is 2.97. The normalized spacial score (nSPS) is 8.20. The van der Waals surface area contributed by atoms with Crippen LogP contribution in [0.3, 0.4) is 0 Å². The maximum Gasteiger partial charge on any atom is 0.260 e. The Morgan fingerprint density at radius 3 is 2.40 bits per heavy atom. The van der Waals surface area contributed by atoms with Crippen LogP contribution in [-0.4, -0.2) is 14.8 Å². The summed E-state index contributed by atoms with van der Waals surface area (Å²) in [5.41, 5.74) is 0. The van der Waals surface area contributed by atoms with Crippen molar-refractivity contribution in [2.75, 3.05) is 6.79 Å². The van der Waals surface area contributed by atoms with Crippen LogP contribution in [0.15, 0.2) is 0 Å². The van der Waals surface area contributed by atoms with Gasteiger partial charge in [-0.1, -0.05) is 0 Å². The summed E-state index contributed by atoms with van der Waals surface area (Å²) in [5, 5.41) is 0. The molecule has 0 aliphatic carbocycles. The average molecular weight is 77.9 g/mol. The van der Waals surface area contributed by atoms with E-state index in [-0.39, 0.29) is 6.79 Å². The van der Waals surface area contributed by atoms with Gasteiger partial charge in [0.15, 0.2) is 6.79 Å². The van der Waals surface area contributed by atoms with E-state index in [0.29, 0.717) is 0 Å². The van der Waals surface area contributed by atoms with Gasteiger partial charge in [0.2, 0.25) is 0 Å². The zero-order chi connectivity index (χ0) is 4.12. The summed E-state index contributed by atoms with van der Waals surface area (Å²) in [7, 11) is 1.35. The summed E-state index contributed by atoms with van der Waals surface area (Å²) < 4.78 is 14.5. The van der Waals surface area contributed by atoms with Crippen molar-refractivity contribution >= 4 is 8.05 Å². The topological polar surface area (TPSA) is 18.5 Å². The first-order valence-electron chi connectivity index (χ1n) is 1.14. The maximum absolute atomic E-state index is 10.4. The van der Waals surface area contributed by atoms with E-state index >= 15 is 0 Å². The van der Waals surface area contributed by atoms with Crippen LogP contribution in [-0.2, 0) is 9.60 Å². The van der Waals surface area contributed by atoms with E-state index in [1.165, 1.54) is 8.05 Å². The Bertz CT molecular complexity index is 17.1. The third-order valence-corrected chi connectivity index (χ3v) is 0.162. The van der Waals surface area contributed by atoms with E-state index in [1.807, 2.05) is 0 Å². The van der Waals surface area contributed by atoms with Gasteiger partial charge in [-0.15, -0.1) is 0 Å². The summed E-state index contributed by atoms with van der Waals surface area (Å²) in [5.74, 6) is 0. The molecule has 0 heterocycles. The highest BCUT2D eigenvalue weighted by atomic mass is 19.3. The lowest BCUT2D eigenvalue weighted by Crippen LogP contribution is -1.85. The van der Waals surface area contributed by atoms with Gasteiger partial charge >= 0.3 is 0 Å². The second-order valence-electron chi connectivity index (χ2n) is 0.516. The Morgan fingerprint density at radius 1 is 1.80 bits per heavy atom. The average Bonchev–Trinajstić information content (AvgIpc) is 1.41. The zero-order valence-electron chi connectivity index (χ0n) is 2.90. The number of rotatable bonds is 2. The predicted octanol–water partition coefficient (Wildman–Crippen LogP) is -0.590. The van der Waals surface area contributed by atoms with Crippen LogP contribution in [0.2, 0.25) is 0 Å². The zero-order valence-corrected chi connectivity index (χ0v) is 2.90. The van der Waals surface area contributed by atoms with Crippen LogP contribution >= 0.6 is 0 Å². The molecular weight excluding hydrogens is 73.8 g/mol. The van der Waals surface area contributed by atoms with Gasteiger partial charge in [0.05, 0.1) is 0 Å².